The molecule has 0 spiro atoms. The molecule has 7 nitrogen and oxygen atoms in total. The molecule has 0 radical (unpaired) electrons. The fraction of sp³-hybridized carbons (Fsp3) is 0.364. The van der Waals surface area contributed by atoms with Gasteiger partial charge < -0.3 is 19.1 Å². The van der Waals surface area contributed by atoms with Crippen molar-refractivity contribution in [2.24, 2.45) is 7.05 Å². The van der Waals surface area contributed by atoms with E-state index in [9.17, 15) is 9.90 Å². The second kappa shape index (κ2) is 8.23. The molecule has 29 heavy (non-hydrogen) atoms. The summed E-state index contributed by atoms with van der Waals surface area (Å²) in [4.78, 5) is 19.2. The Kier molecular flexibility index (Phi) is 5.51. The molecule has 152 valence electrons. The van der Waals surface area contributed by atoms with Gasteiger partial charge in [-0.05, 0) is 25.1 Å². The summed E-state index contributed by atoms with van der Waals surface area (Å²) in [6.45, 7) is 5.71. The van der Waals surface area contributed by atoms with Crippen molar-refractivity contribution in [2.75, 3.05) is 32.9 Å². The number of phenolic OH excluding ortho intramolecular Hbond substituents is 1. The molecule has 1 aliphatic heterocycles. The number of aryl methyl sites for hydroxylation is 1. The van der Waals surface area contributed by atoms with Crippen LogP contribution in [0.5, 0.6) is 5.75 Å². The molecule has 0 unspecified atom stereocenters. The number of carbonyl (C=O) groups excluding carboxylic acids is 1. The highest BCUT2D eigenvalue weighted by Crippen LogP contribution is 2.37. The first-order chi connectivity index (χ1) is 14.1. The standard InChI is InChI=1S/C22H25N3O4/c1-3-29-22(27)21-17-12-20(26)16(15-5-4-6-23-13-15)11-18(17)24(2)19(21)14-25-7-9-28-10-8-25/h4-6,11-13,26H,3,7-10,14H2,1-2H3. The summed E-state index contributed by atoms with van der Waals surface area (Å²) in [6.07, 6.45) is 3.41. The SMILES string of the molecule is CCOC(=O)c1c(CN2CCOCC2)n(C)c2cc(-c3cccnc3)c(O)cc12. The molecule has 1 aromatic carbocycles. The Hall–Kier alpha value is -2.90. The maximum Gasteiger partial charge on any atom is 0.340 e. The molecule has 0 bridgehead atoms. The number of aromatic nitrogens is 2. The molecule has 2 aromatic heterocycles. The van der Waals surface area contributed by atoms with Gasteiger partial charge in [0.25, 0.3) is 0 Å². The number of hydrogen-bond donors (Lipinski definition) is 1. The van der Waals surface area contributed by atoms with Gasteiger partial charge in [0.2, 0.25) is 0 Å². The minimum absolute atomic E-state index is 0.111. The van der Waals surface area contributed by atoms with Crippen LogP contribution < -0.4 is 0 Å². The highest BCUT2D eigenvalue weighted by atomic mass is 16.5. The Morgan fingerprint density at radius 1 is 1.31 bits per heavy atom. The van der Waals surface area contributed by atoms with Crippen LogP contribution in [0, 0.1) is 0 Å². The zero-order valence-electron chi connectivity index (χ0n) is 16.7. The Morgan fingerprint density at radius 2 is 2.10 bits per heavy atom. The van der Waals surface area contributed by atoms with Crippen molar-refractivity contribution in [1.29, 1.82) is 0 Å². The molecule has 1 aliphatic rings. The molecule has 0 atom stereocenters. The van der Waals surface area contributed by atoms with Crippen LogP contribution in [0.2, 0.25) is 0 Å². The van der Waals surface area contributed by atoms with Gasteiger partial charge in [0.05, 0.1) is 25.4 Å². The van der Waals surface area contributed by atoms with Crippen molar-refractivity contribution >= 4 is 16.9 Å². The molecule has 1 saturated heterocycles. The minimum atomic E-state index is -0.366. The van der Waals surface area contributed by atoms with E-state index in [1.165, 1.54) is 0 Å². The van der Waals surface area contributed by atoms with Crippen LogP contribution in [0.3, 0.4) is 0 Å². The predicted octanol–water partition coefficient (Wildman–Crippen LogP) is 2.95. The molecule has 4 rings (SSSR count). The fourth-order valence-corrected chi connectivity index (χ4v) is 3.86. The summed E-state index contributed by atoms with van der Waals surface area (Å²) in [6, 6.07) is 7.30. The van der Waals surface area contributed by atoms with Crippen molar-refractivity contribution < 1.29 is 19.4 Å². The van der Waals surface area contributed by atoms with Crippen molar-refractivity contribution in [3.63, 3.8) is 0 Å². The first-order valence-electron chi connectivity index (χ1n) is 9.82. The second-order valence-corrected chi connectivity index (χ2v) is 7.12. The summed E-state index contributed by atoms with van der Waals surface area (Å²) in [5.74, 6) is -0.255. The normalized spacial score (nSPS) is 15.0. The van der Waals surface area contributed by atoms with Crippen LogP contribution in [-0.4, -0.2) is 58.4 Å². The van der Waals surface area contributed by atoms with Crippen molar-refractivity contribution in [1.82, 2.24) is 14.5 Å². The van der Waals surface area contributed by atoms with Crippen LogP contribution in [0.1, 0.15) is 23.0 Å². The van der Waals surface area contributed by atoms with Crippen LogP contribution in [0.15, 0.2) is 36.7 Å². The number of hydrogen-bond acceptors (Lipinski definition) is 6. The van der Waals surface area contributed by atoms with Gasteiger partial charge >= 0.3 is 5.97 Å². The molecule has 3 aromatic rings. The average Bonchev–Trinajstić information content (AvgIpc) is 3.00. The number of nitrogens with zero attached hydrogens (tertiary/aromatic N) is 3. The number of phenols is 1. The average molecular weight is 395 g/mol. The predicted molar refractivity (Wildman–Crippen MR) is 110 cm³/mol. The molecule has 1 fully saturated rings. The largest absolute Gasteiger partial charge is 0.507 e. The third-order valence-corrected chi connectivity index (χ3v) is 5.37. The lowest BCUT2D eigenvalue weighted by atomic mass is 10.0. The third-order valence-electron chi connectivity index (χ3n) is 5.37. The molecule has 0 amide bonds. The van der Waals surface area contributed by atoms with Crippen LogP contribution in [-0.2, 0) is 23.1 Å². The van der Waals surface area contributed by atoms with Crippen molar-refractivity contribution in [3.05, 3.63) is 47.9 Å². The van der Waals surface area contributed by atoms with Gasteiger partial charge in [0.15, 0.2) is 0 Å². The Bertz CT molecular complexity index is 1020. The molecule has 3 heterocycles. The minimum Gasteiger partial charge on any atom is -0.507 e. The van der Waals surface area contributed by atoms with E-state index in [-0.39, 0.29) is 11.7 Å². The number of fused-ring (bicyclic) bond motifs is 1. The number of ether oxygens (including phenoxy) is 2. The van der Waals surface area contributed by atoms with E-state index in [1.54, 1.807) is 25.4 Å². The van der Waals surface area contributed by atoms with E-state index in [2.05, 4.69) is 9.88 Å². The van der Waals surface area contributed by atoms with Gasteiger partial charge in [0, 0.05) is 66.8 Å². The fourth-order valence-electron chi connectivity index (χ4n) is 3.86. The van der Waals surface area contributed by atoms with Crippen molar-refractivity contribution in [2.45, 2.75) is 13.5 Å². The van der Waals surface area contributed by atoms with E-state index in [4.69, 9.17) is 9.47 Å². The highest BCUT2D eigenvalue weighted by Gasteiger charge is 2.26. The number of pyridine rings is 1. The topological polar surface area (TPSA) is 76.8 Å². The summed E-state index contributed by atoms with van der Waals surface area (Å²) in [5.41, 5.74) is 3.76. The maximum absolute atomic E-state index is 12.8. The summed E-state index contributed by atoms with van der Waals surface area (Å²) >= 11 is 0. The molecular formula is C22H25N3O4. The first kappa shape index (κ1) is 19.4. The third kappa shape index (κ3) is 3.71. The second-order valence-electron chi connectivity index (χ2n) is 7.12. The Labute approximate surface area is 169 Å². The maximum atomic E-state index is 12.8. The lowest BCUT2D eigenvalue weighted by Crippen LogP contribution is -2.36. The number of esters is 1. The smallest absolute Gasteiger partial charge is 0.340 e. The van der Waals surface area contributed by atoms with E-state index in [0.717, 1.165) is 29.9 Å². The number of morpholine rings is 1. The van der Waals surface area contributed by atoms with Gasteiger partial charge in [0.1, 0.15) is 5.75 Å². The molecule has 1 N–H and O–H groups in total. The number of rotatable bonds is 5. The number of carbonyl (C=O) groups is 1. The van der Waals surface area contributed by atoms with Gasteiger partial charge in [-0.25, -0.2) is 4.79 Å². The van der Waals surface area contributed by atoms with E-state index in [0.29, 0.717) is 42.9 Å². The zero-order chi connectivity index (χ0) is 20.4. The van der Waals surface area contributed by atoms with Crippen LogP contribution >= 0.6 is 0 Å². The molecule has 0 aliphatic carbocycles. The summed E-state index contributed by atoms with van der Waals surface area (Å²) < 4.78 is 12.8. The zero-order valence-corrected chi connectivity index (χ0v) is 16.7. The number of aromatic hydroxyl groups is 1. The van der Waals surface area contributed by atoms with Gasteiger partial charge in [-0.1, -0.05) is 6.07 Å². The Balaban J connectivity index is 1.87. The van der Waals surface area contributed by atoms with Gasteiger partial charge in [-0.15, -0.1) is 0 Å². The van der Waals surface area contributed by atoms with E-state index in [1.807, 2.05) is 29.8 Å². The molecule has 0 saturated carbocycles. The molecular weight excluding hydrogens is 370 g/mol. The van der Waals surface area contributed by atoms with Gasteiger partial charge in [-0.2, -0.15) is 0 Å². The van der Waals surface area contributed by atoms with Gasteiger partial charge in [-0.3, -0.25) is 9.88 Å². The lowest BCUT2D eigenvalue weighted by molar-refractivity contribution is 0.0328. The van der Waals surface area contributed by atoms with Crippen LogP contribution in [0.25, 0.3) is 22.0 Å². The van der Waals surface area contributed by atoms with E-state index >= 15 is 0 Å². The highest BCUT2D eigenvalue weighted by molar-refractivity contribution is 6.07. The summed E-state index contributed by atoms with van der Waals surface area (Å²) in [5, 5.41) is 11.4. The van der Waals surface area contributed by atoms with E-state index < -0.39 is 0 Å². The molecule has 7 heteroatoms. The van der Waals surface area contributed by atoms with Crippen LogP contribution in [0.4, 0.5) is 0 Å². The quantitative estimate of drug-likeness (QED) is 0.670. The first-order valence-corrected chi connectivity index (χ1v) is 9.82. The lowest BCUT2D eigenvalue weighted by Gasteiger charge is -2.27. The van der Waals surface area contributed by atoms with Crippen molar-refractivity contribution in [3.8, 4) is 16.9 Å². The monoisotopic (exact) mass is 395 g/mol. The Morgan fingerprint density at radius 3 is 2.79 bits per heavy atom. The summed E-state index contributed by atoms with van der Waals surface area (Å²) in [7, 11) is 1.95. The number of benzene rings is 1.